The zero-order valence-electron chi connectivity index (χ0n) is 10.4. The lowest BCUT2D eigenvalue weighted by Crippen LogP contribution is -2.27. The molecule has 1 aliphatic heterocycles. The molecule has 0 aromatic carbocycles. The van der Waals surface area contributed by atoms with Crippen LogP contribution in [0.5, 0.6) is 0 Å². The quantitative estimate of drug-likeness (QED) is 0.373. The molecule has 21 heavy (non-hydrogen) atoms. The maximum Gasteiger partial charge on any atom is 0.490 e. The van der Waals surface area contributed by atoms with E-state index in [-0.39, 0.29) is 19.4 Å². The monoisotopic (exact) mass is 372 g/mol. The number of phosphoric acid groups is 3. The van der Waals surface area contributed by atoms with Crippen LogP contribution in [0.25, 0.3) is 0 Å². The van der Waals surface area contributed by atoms with E-state index in [0.29, 0.717) is 0 Å². The molecule has 0 aromatic heterocycles. The van der Waals surface area contributed by atoms with Gasteiger partial charge in [-0.1, -0.05) is 0 Å². The molecule has 0 aliphatic carbocycles. The Morgan fingerprint density at radius 2 is 1.95 bits per heavy atom. The lowest BCUT2D eigenvalue weighted by Gasteiger charge is -2.29. The van der Waals surface area contributed by atoms with Crippen molar-refractivity contribution in [1.82, 2.24) is 0 Å². The normalized spacial score (nSPS) is 31.6. The number of phosphoric ester groups is 1. The summed E-state index contributed by atoms with van der Waals surface area (Å²) in [6.45, 7) is -0.804. The third kappa shape index (κ3) is 7.43. The van der Waals surface area contributed by atoms with Gasteiger partial charge in [0.05, 0.1) is 25.4 Å². The minimum Gasteiger partial charge on any atom is -0.394 e. The van der Waals surface area contributed by atoms with Crippen LogP contribution in [0.3, 0.4) is 0 Å². The van der Waals surface area contributed by atoms with Gasteiger partial charge in [0.1, 0.15) is 0 Å². The van der Waals surface area contributed by atoms with Crippen LogP contribution in [0.15, 0.2) is 0 Å². The minimum absolute atomic E-state index is 0.151. The summed E-state index contributed by atoms with van der Waals surface area (Å²) in [6, 6.07) is 0. The van der Waals surface area contributed by atoms with Gasteiger partial charge in [-0.2, -0.15) is 8.62 Å². The van der Waals surface area contributed by atoms with Crippen LogP contribution in [0.4, 0.5) is 0 Å². The highest BCUT2D eigenvalue weighted by Crippen LogP contribution is 2.69. The van der Waals surface area contributed by atoms with Crippen molar-refractivity contribution in [3.8, 4) is 0 Å². The maximum absolute atomic E-state index is 11.9. The molecule has 0 aromatic rings. The lowest BCUT2D eigenvalue weighted by atomic mass is 10.1. The standard InChI is InChI=1S/C6H15O12P3/c7-4-5(8)3-6-1-2-15-21(14,16-6)18-20(12,13)17-19(9,10)11/h5-8H,1-4H2,(H,12,13)(H2,9,10,11). The number of hydrogen-bond acceptors (Lipinski definition) is 9. The molecular formula is C6H15O12P3. The van der Waals surface area contributed by atoms with Gasteiger partial charge in [0.15, 0.2) is 0 Å². The van der Waals surface area contributed by atoms with Gasteiger partial charge in [0, 0.05) is 6.42 Å². The molecule has 5 N–H and O–H groups in total. The molecule has 1 fully saturated rings. The molecule has 1 rings (SSSR count). The van der Waals surface area contributed by atoms with Crippen LogP contribution < -0.4 is 0 Å². The number of rotatable bonds is 7. The third-order valence-corrected chi connectivity index (χ3v) is 6.48. The lowest BCUT2D eigenvalue weighted by molar-refractivity contribution is 0.00312. The van der Waals surface area contributed by atoms with Gasteiger partial charge < -0.3 is 24.9 Å². The second-order valence-electron chi connectivity index (χ2n) is 3.99. The molecular weight excluding hydrogens is 357 g/mol. The van der Waals surface area contributed by atoms with E-state index >= 15 is 0 Å². The third-order valence-electron chi connectivity index (χ3n) is 2.13. The first-order valence-electron chi connectivity index (χ1n) is 5.47. The molecule has 15 heteroatoms. The van der Waals surface area contributed by atoms with Crippen LogP contribution in [-0.4, -0.2) is 50.3 Å². The number of hydrogen-bond donors (Lipinski definition) is 5. The summed E-state index contributed by atoms with van der Waals surface area (Å²) in [4.78, 5) is 25.9. The highest BCUT2D eigenvalue weighted by atomic mass is 31.3. The van der Waals surface area contributed by atoms with E-state index in [1.165, 1.54) is 0 Å². The minimum atomic E-state index is -5.40. The van der Waals surface area contributed by atoms with Crippen molar-refractivity contribution in [2.24, 2.45) is 0 Å². The van der Waals surface area contributed by atoms with Crippen molar-refractivity contribution in [3.63, 3.8) is 0 Å². The predicted octanol–water partition coefficient (Wildman–Crippen LogP) is -0.130. The molecule has 1 heterocycles. The molecule has 0 saturated carbocycles. The van der Waals surface area contributed by atoms with E-state index in [2.05, 4.69) is 13.1 Å². The first-order valence-corrected chi connectivity index (χ1v) is 9.96. The Balaban J connectivity index is 2.70. The van der Waals surface area contributed by atoms with Gasteiger partial charge in [-0.25, -0.2) is 13.7 Å². The van der Waals surface area contributed by atoms with E-state index in [1.807, 2.05) is 0 Å². The zero-order chi connectivity index (χ0) is 16.3. The first-order chi connectivity index (χ1) is 9.45. The van der Waals surface area contributed by atoms with Crippen LogP contribution in [0.1, 0.15) is 12.8 Å². The van der Waals surface area contributed by atoms with Crippen molar-refractivity contribution in [1.29, 1.82) is 0 Å². The summed E-state index contributed by atoms with van der Waals surface area (Å²) in [5.74, 6) is 0. The van der Waals surface area contributed by atoms with Crippen molar-refractivity contribution in [3.05, 3.63) is 0 Å². The zero-order valence-corrected chi connectivity index (χ0v) is 13.1. The molecule has 0 radical (unpaired) electrons. The Morgan fingerprint density at radius 1 is 1.33 bits per heavy atom. The molecule has 126 valence electrons. The van der Waals surface area contributed by atoms with E-state index in [1.54, 1.807) is 0 Å². The van der Waals surface area contributed by atoms with Crippen molar-refractivity contribution in [2.75, 3.05) is 13.2 Å². The SMILES string of the molecule is O=P(O)(O)OP(=O)(O)OP1(=O)OCCC(CC(O)CO)O1. The van der Waals surface area contributed by atoms with Crippen LogP contribution in [-0.2, 0) is 31.4 Å². The molecule has 0 spiro atoms. The summed E-state index contributed by atoms with van der Waals surface area (Å²) in [6.07, 6.45) is -2.09. The van der Waals surface area contributed by atoms with Gasteiger partial charge in [-0.05, 0) is 6.42 Å². The van der Waals surface area contributed by atoms with Gasteiger partial charge in [-0.3, -0.25) is 9.05 Å². The highest BCUT2D eigenvalue weighted by molar-refractivity contribution is 7.66. The fraction of sp³-hybridized carbons (Fsp3) is 1.00. The molecule has 12 nitrogen and oxygen atoms in total. The summed E-state index contributed by atoms with van der Waals surface area (Å²) in [5.41, 5.74) is 0. The van der Waals surface area contributed by atoms with E-state index in [0.717, 1.165) is 0 Å². The fourth-order valence-electron chi connectivity index (χ4n) is 1.42. The smallest absolute Gasteiger partial charge is 0.394 e. The average Bonchev–Trinajstić information content (AvgIpc) is 2.23. The fourth-order valence-corrected chi connectivity index (χ4v) is 5.18. The average molecular weight is 372 g/mol. The number of aliphatic hydroxyl groups is 2. The van der Waals surface area contributed by atoms with Crippen LogP contribution in [0, 0.1) is 0 Å². The number of aliphatic hydroxyl groups excluding tert-OH is 2. The molecule has 0 amide bonds. The van der Waals surface area contributed by atoms with Gasteiger partial charge >= 0.3 is 23.5 Å². The van der Waals surface area contributed by atoms with E-state index in [9.17, 15) is 18.8 Å². The van der Waals surface area contributed by atoms with Gasteiger partial charge in [0.2, 0.25) is 0 Å². The Morgan fingerprint density at radius 3 is 2.48 bits per heavy atom. The van der Waals surface area contributed by atoms with E-state index < -0.39 is 42.3 Å². The molecule has 1 aliphatic rings. The predicted molar refractivity (Wildman–Crippen MR) is 64.8 cm³/mol. The Bertz CT molecular complexity index is 485. The highest BCUT2D eigenvalue weighted by Gasteiger charge is 2.45. The largest absolute Gasteiger partial charge is 0.490 e. The van der Waals surface area contributed by atoms with Gasteiger partial charge in [0.25, 0.3) is 0 Å². The summed E-state index contributed by atoms with van der Waals surface area (Å²) in [7, 11) is -15.4. The Kier molecular flexibility index (Phi) is 6.71. The molecule has 4 unspecified atom stereocenters. The molecule has 4 atom stereocenters. The van der Waals surface area contributed by atoms with Crippen molar-refractivity contribution in [2.45, 2.75) is 25.0 Å². The van der Waals surface area contributed by atoms with Crippen molar-refractivity contribution < 1.29 is 56.3 Å². The topological polar surface area (TPSA) is 189 Å². The first kappa shape index (κ1) is 19.4. The Labute approximate surface area is 119 Å². The molecule has 1 saturated heterocycles. The van der Waals surface area contributed by atoms with E-state index in [4.69, 9.17) is 24.3 Å². The van der Waals surface area contributed by atoms with Gasteiger partial charge in [-0.15, -0.1) is 0 Å². The molecule has 0 bridgehead atoms. The Hall–Kier alpha value is 0.330. The van der Waals surface area contributed by atoms with Crippen LogP contribution in [0.2, 0.25) is 0 Å². The second kappa shape index (κ2) is 7.27. The van der Waals surface area contributed by atoms with Crippen molar-refractivity contribution >= 4 is 23.5 Å². The summed E-state index contributed by atoms with van der Waals surface area (Å²) < 4.78 is 50.5. The van der Waals surface area contributed by atoms with Crippen LogP contribution >= 0.6 is 23.5 Å². The summed E-state index contributed by atoms with van der Waals surface area (Å²) >= 11 is 0. The maximum atomic E-state index is 11.9. The second-order valence-corrected chi connectivity index (χ2v) is 8.58. The summed E-state index contributed by atoms with van der Waals surface area (Å²) in [5, 5.41) is 17.9.